The topological polar surface area (TPSA) is 86.7 Å². The van der Waals surface area contributed by atoms with Gasteiger partial charge in [0, 0.05) is 13.8 Å². The third kappa shape index (κ3) is 3.50. The molecule has 1 rings (SSSR count). The Bertz CT molecular complexity index is 341. The largest absolute Gasteiger partial charge is 0.457 e. The van der Waals surface area contributed by atoms with E-state index in [-0.39, 0.29) is 11.5 Å². The molecule has 0 radical (unpaired) electrons. The third-order valence-corrected chi connectivity index (χ3v) is 3.56. The summed E-state index contributed by atoms with van der Waals surface area (Å²) in [6.07, 6.45) is -1.76. The Morgan fingerprint density at radius 2 is 1.33 bits per heavy atom. The average molecular weight is 236 g/mol. The molecule has 15 heavy (non-hydrogen) atoms. The van der Waals surface area contributed by atoms with Crippen LogP contribution in [0.4, 0.5) is 0 Å². The third-order valence-electron chi connectivity index (χ3n) is 1.89. The monoisotopic (exact) mass is 236 g/mol. The molecule has 0 spiro atoms. The first-order valence-corrected chi connectivity index (χ1v) is 6.17. The second-order valence-electron chi connectivity index (χ2n) is 3.37. The van der Waals surface area contributed by atoms with Crippen molar-refractivity contribution < 1.29 is 27.5 Å². The van der Waals surface area contributed by atoms with Crippen LogP contribution in [0.3, 0.4) is 0 Å². The zero-order chi connectivity index (χ0) is 11.6. The minimum Gasteiger partial charge on any atom is -0.457 e. The Kier molecular flexibility index (Phi) is 3.33. The number of carbonyl (C=O) groups is 2. The van der Waals surface area contributed by atoms with Crippen molar-refractivity contribution in [2.75, 3.05) is 11.5 Å². The quantitative estimate of drug-likeness (QED) is 0.588. The molecule has 0 aromatic carbocycles. The smallest absolute Gasteiger partial charge is 0.303 e. The Balaban J connectivity index is 2.74. The van der Waals surface area contributed by atoms with Crippen LogP contribution < -0.4 is 0 Å². The fourth-order valence-corrected chi connectivity index (χ4v) is 3.13. The lowest BCUT2D eigenvalue weighted by molar-refractivity contribution is -0.160. The molecule has 0 saturated carbocycles. The van der Waals surface area contributed by atoms with Crippen molar-refractivity contribution in [2.24, 2.45) is 0 Å². The Labute approximate surface area is 87.5 Å². The average Bonchev–Trinajstić information content (AvgIpc) is 2.22. The summed E-state index contributed by atoms with van der Waals surface area (Å²) in [7, 11) is -3.29. The van der Waals surface area contributed by atoms with E-state index in [1.165, 1.54) is 13.8 Å². The second kappa shape index (κ2) is 4.18. The normalized spacial score (nSPS) is 28.4. The van der Waals surface area contributed by atoms with Gasteiger partial charge in [-0.2, -0.15) is 0 Å². The molecule has 0 aliphatic carbocycles. The van der Waals surface area contributed by atoms with Gasteiger partial charge in [-0.15, -0.1) is 0 Å². The molecule has 1 aliphatic rings. The Hall–Kier alpha value is -1.11. The van der Waals surface area contributed by atoms with Gasteiger partial charge in [0.1, 0.15) is 0 Å². The van der Waals surface area contributed by atoms with Crippen LogP contribution in [0.25, 0.3) is 0 Å². The van der Waals surface area contributed by atoms with Crippen molar-refractivity contribution in [3.63, 3.8) is 0 Å². The molecular weight excluding hydrogens is 224 g/mol. The predicted octanol–water partition coefficient (Wildman–Crippen LogP) is -0.722. The fraction of sp³-hybridized carbons (Fsp3) is 0.750. The standard InChI is InChI=1S/C8H12O6S/c1-5(9)13-7-3-15(11,12)4-8(7)14-6(2)10/h7-8H,3-4H2,1-2H3/t7-,8-/m0/s1. The number of carbonyl (C=O) groups excluding carboxylic acids is 2. The van der Waals surface area contributed by atoms with Gasteiger partial charge in [-0.25, -0.2) is 8.42 Å². The molecular formula is C8H12O6S. The van der Waals surface area contributed by atoms with Crippen LogP contribution in [0, 0.1) is 0 Å². The molecule has 0 unspecified atom stereocenters. The summed E-state index contributed by atoms with van der Waals surface area (Å²) < 4.78 is 32.0. The summed E-state index contributed by atoms with van der Waals surface area (Å²) in [5.74, 6) is -1.75. The van der Waals surface area contributed by atoms with E-state index in [1.54, 1.807) is 0 Å². The highest BCUT2D eigenvalue weighted by Gasteiger charge is 2.42. The highest BCUT2D eigenvalue weighted by atomic mass is 32.2. The predicted molar refractivity (Wildman–Crippen MR) is 49.8 cm³/mol. The maximum absolute atomic E-state index is 11.2. The lowest BCUT2D eigenvalue weighted by Gasteiger charge is -2.17. The Morgan fingerprint density at radius 1 is 1.00 bits per heavy atom. The van der Waals surface area contributed by atoms with Crippen LogP contribution in [0.15, 0.2) is 0 Å². The highest BCUT2D eigenvalue weighted by molar-refractivity contribution is 7.91. The molecule has 86 valence electrons. The first-order chi connectivity index (χ1) is 6.80. The summed E-state index contributed by atoms with van der Waals surface area (Å²) in [6, 6.07) is 0. The molecule has 7 heteroatoms. The molecule has 0 aromatic heterocycles. The summed E-state index contributed by atoms with van der Waals surface area (Å²) in [4.78, 5) is 21.4. The fourth-order valence-electron chi connectivity index (χ4n) is 1.43. The molecule has 6 nitrogen and oxygen atoms in total. The molecule has 0 amide bonds. The molecule has 0 N–H and O–H groups in total. The Morgan fingerprint density at radius 3 is 1.60 bits per heavy atom. The van der Waals surface area contributed by atoms with Crippen molar-refractivity contribution in [1.29, 1.82) is 0 Å². The zero-order valence-electron chi connectivity index (χ0n) is 8.43. The van der Waals surface area contributed by atoms with Gasteiger partial charge >= 0.3 is 11.9 Å². The van der Waals surface area contributed by atoms with Gasteiger partial charge in [0.15, 0.2) is 22.0 Å². The van der Waals surface area contributed by atoms with Gasteiger partial charge in [0.2, 0.25) is 0 Å². The van der Waals surface area contributed by atoms with Crippen LogP contribution >= 0.6 is 0 Å². The number of sulfone groups is 1. The second-order valence-corrected chi connectivity index (χ2v) is 5.53. The van der Waals surface area contributed by atoms with E-state index in [4.69, 9.17) is 9.47 Å². The van der Waals surface area contributed by atoms with E-state index < -0.39 is 34.0 Å². The van der Waals surface area contributed by atoms with Crippen molar-refractivity contribution in [2.45, 2.75) is 26.1 Å². The first kappa shape index (κ1) is 12.0. The number of hydrogen-bond donors (Lipinski definition) is 0. The van der Waals surface area contributed by atoms with Gasteiger partial charge in [-0.05, 0) is 0 Å². The summed E-state index contributed by atoms with van der Waals surface area (Å²) in [5, 5.41) is 0. The van der Waals surface area contributed by atoms with Crippen LogP contribution in [0.2, 0.25) is 0 Å². The summed E-state index contributed by atoms with van der Waals surface area (Å²) in [6.45, 7) is 2.35. The number of rotatable bonds is 2. The van der Waals surface area contributed by atoms with E-state index in [9.17, 15) is 18.0 Å². The van der Waals surface area contributed by atoms with Gasteiger partial charge in [0.25, 0.3) is 0 Å². The van der Waals surface area contributed by atoms with E-state index in [0.29, 0.717) is 0 Å². The van der Waals surface area contributed by atoms with E-state index in [2.05, 4.69) is 0 Å². The minimum absolute atomic E-state index is 0.287. The highest BCUT2D eigenvalue weighted by Crippen LogP contribution is 2.19. The molecule has 1 fully saturated rings. The SMILES string of the molecule is CC(=O)O[C@H]1CS(=O)(=O)C[C@@H]1OC(C)=O. The molecule has 0 aromatic rings. The number of hydrogen-bond acceptors (Lipinski definition) is 6. The molecule has 1 aliphatic heterocycles. The van der Waals surface area contributed by atoms with Gasteiger partial charge in [-0.1, -0.05) is 0 Å². The van der Waals surface area contributed by atoms with E-state index in [0.717, 1.165) is 0 Å². The molecule has 1 heterocycles. The van der Waals surface area contributed by atoms with E-state index >= 15 is 0 Å². The summed E-state index contributed by atoms with van der Waals surface area (Å²) >= 11 is 0. The van der Waals surface area contributed by atoms with Crippen LogP contribution in [0.5, 0.6) is 0 Å². The van der Waals surface area contributed by atoms with Crippen LogP contribution in [-0.4, -0.2) is 44.1 Å². The number of esters is 2. The molecule has 1 saturated heterocycles. The van der Waals surface area contributed by atoms with Gasteiger partial charge < -0.3 is 9.47 Å². The van der Waals surface area contributed by atoms with Crippen molar-refractivity contribution in [3.8, 4) is 0 Å². The van der Waals surface area contributed by atoms with Gasteiger partial charge in [0.05, 0.1) is 11.5 Å². The van der Waals surface area contributed by atoms with Crippen molar-refractivity contribution >= 4 is 21.8 Å². The summed E-state index contributed by atoms with van der Waals surface area (Å²) in [5.41, 5.74) is 0. The van der Waals surface area contributed by atoms with Crippen molar-refractivity contribution in [1.82, 2.24) is 0 Å². The lowest BCUT2D eigenvalue weighted by Crippen LogP contribution is -2.32. The van der Waals surface area contributed by atoms with Crippen LogP contribution in [-0.2, 0) is 28.9 Å². The molecule has 2 atom stereocenters. The van der Waals surface area contributed by atoms with E-state index in [1.807, 2.05) is 0 Å². The number of ether oxygens (including phenoxy) is 2. The van der Waals surface area contributed by atoms with Crippen molar-refractivity contribution in [3.05, 3.63) is 0 Å². The van der Waals surface area contributed by atoms with Gasteiger partial charge in [-0.3, -0.25) is 9.59 Å². The molecule has 0 bridgehead atoms. The van der Waals surface area contributed by atoms with Crippen LogP contribution in [0.1, 0.15) is 13.8 Å². The first-order valence-electron chi connectivity index (χ1n) is 4.35. The minimum atomic E-state index is -3.29. The lowest BCUT2D eigenvalue weighted by atomic mass is 10.2. The zero-order valence-corrected chi connectivity index (χ0v) is 9.24. The maximum atomic E-state index is 11.2. The maximum Gasteiger partial charge on any atom is 0.303 e.